The summed E-state index contributed by atoms with van der Waals surface area (Å²) in [5.74, 6) is 0.897. The van der Waals surface area contributed by atoms with E-state index < -0.39 is 0 Å². The van der Waals surface area contributed by atoms with E-state index in [0.29, 0.717) is 12.0 Å². The molecule has 1 saturated carbocycles. The van der Waals surface area contributed by atoms with Crippen LogP contribution in [-0.4, -0.2) is 35.3 Å². The SMILES string of the molecule is CNC(=O)c1ccc([C@H]2CCCN2C(=O)CCC2CCCC2)nc1C. The van der Waals surface area contributed by atoms with Crippen LogP contribution in [0, 0.1) is 12.8 Å². The Kier molecular flexibility index (Phi) is 5.71. The highest BCUT2D eigenvalue weighted by molar-refractivity contribution is 5.94. The quantitative estimate of drug-likeness (QED) is 0.891. The van der Waals surface area contributed by atoms with Gasteiger partial charge in [0, 0.05) is 20.0 Å². The fourth-order valence-corrected chi connectivity index (χ4v) is 4.28. The molecule has 5 heteroatoms. The van der Waals surface area contributed by atoms with Crippen molar-refractivity contribution in [2.75, 3.05) is 13.6 Å². The zero-order valence-corrected chi connectivity index (χ0v) is 15.4. The van der Waals surface area contributed by atoms with Crippen molar-refractivity contribution >= 4 is 11.8 Å². The first-order chi connectivity index (χ1) is 12.1. The molecule has 2 amide bonds. The molecule has 0 aromatic carbocycles. The molecule has 1 aromatic rings. The zero-order valence-electron chi connectivity index (χ0n) is 15.4. The van der Waals surface area contributed by atoms with Crippen molar-refractivity contribution in [2.45, 2.75) is 64.3 Å². The van der Waals surface area contributed by atoms with Crippen molar-refractivity contribution in [1.29, 1.82) is 0 Å². The van der Waals surface area contributed by atoms with Gasteiger partial charge >= 0.3 is 0 Å². The van der Waals surface area contributed by atoms with Crippen LogP contribution < -0.4 is 5.32 Å². The molecule has 2 fully saturated rings. The van der Waals surface area contributed by atoms with Crippen LogP contribution in [0.1, 0.15) is 79.2 Å². The normalized spacial score (nSPS) is 20.9. The monoisotopic (exact) mass is 343 g/mol. The molecule has 0 radical (unpaired) electrons. The van der Waals surface area contributed by atoms with E-state index in [0.717, 1.165) is 43.1 Å². The minimum atomic E-state index is -0.118. The third-order valence-electron chi connectivity index (χ3n) is 5.73. The highest BCUT2D eigenvalue weighted by Crippen LogP contribution is 2.33. The van der Waals surface area contributed by atoms with Crippen LogP contribution in [0.25, 0.3) is 0 Å². The summed E-state index contributed by atoms with van der Waals surface area (Å²) in [6.45, 7) is 2.68. The highest BCUT2D eigenvalue weighted by atomic mass is 16.2. The van der Waals surface area contributed by atoms with Gasteiger partial charge in [-0.15, -0.1) is 0 Å². The van der Waals surface area contributed by atoms with E-state index in [2.05, 4.69) is 10.3 Å². The number of carbonyl (C=O) groups excluding carboxylic acids is 2. The average Bonchev–Trinajstić information content (AvgIpc) is 3.30. The van der Waals surface area contributed by atoms with Gasteiger partial charge in [-0.2, -0.15) is 0 Å². The Morgan fingerprint density at radius 1 is 1.20 bits per heavy atom. The van der Waals surface area contributed by atoms with Gasteiger partial charge < -0.3 is 10.2 Å². The highest BCUT2D eigenvalue weighted by Gasteiger charge is 2.31. The predicted molar refractivity (Wildman–Crippen MR) is 97.2 cm³/mol. The number of aryl methyl sites for hydroxylation is 1. The Labute approximate surface area is 150 Å². The number of amides is 2. The van der Waals surface area contributed by atoms with Gasteiger partial charge in [0.05, 0.1) is 23.0 Å². The molecule has 1 aliphatic heterocycles. The maximum Gasteiger partial charge on any atom is 0.252 e. The van der Waals surface area contributed by atoms with Crippen molar-refractivity contribution in [3.8, 4) is 0 Å². The lowest BCUT2D eigenvalue weighted by Crippen LogP contribution is -2.31. The van der Waals surface area contributed by atoms with E-state index >= 15 is 0 Å². The summed E-state index contributed by atoms with van der Waals surface area (Å²) in [6.07, 6.45) is 8.91. The van der Waals surface area contributed by atoms with Gasteiger partial charge in [-0.05, 0) is 44.2 Å². The van der Waals surface area contributed by atoms with E-state index in [1.54, 1.807) is 7.05 Å². The number of hydrogen-bond donors (Lipinski definition) is 1. The van der Waals surface area contributed by atoms with E-state index in [9.17, 15) is 9.59 Å². The van der Waals surface area contributed by atoms with Gasteiger partial charge in [-0.1, -0.05) is 25.7 Å². The Morgan fingerprint density at radius 3 is 2.64 bits per heavy atom. The molecule has 1 aliphatic carbocycles. The van der Waals surface area contributed by atoms with Crippen molar-refractivity contribution in [2.24, 2.45) is 5.92 Å². The Balaban J connectivity index is 1.67. The standard InChI is InChI=1S/C20H29N3O2/c1-14-16(20(25)21-2)10-11-17(22-14)18-8-5-13-23(18)19(24)12-9-15-6-3-4-7-15/h10-11,15,18H,3-9,12-13H2,1-2H3,(H,21,25)/t18-/m1/s1. The number of nitrogens with one attached hydrogen (secondary N) is 1. The number of nitrogens with zero attached hydrogens (tertiary/aromatic N) is 2. The minimum Gasteiger partial charge on any atom is -0.355 e. The van der Waals surface area contributed by atoms with Crippen LogP contribution in [0.15, 0.2) is 12.1 Å². The van der Waals surface area contributed by atoms with E-state index in [1.165, 1.54) is 25.7 Å². The second-order valence-electron chi connectivity index (χ2n) is 7.38. The van der Waals surface area contributed by atoms with Gasteiger partial charge in [0.25, 0.3) is 5.91 Å². The number of likely N-dealkylation sites (tertiary alicyclic amines) is 1. The second kappa shape index (κ2) is 7.98. The summed E-state index contributed by atoms with van der Waals surface area (Å²) in [5, 5.41) is 2.64. The van der Waals surface area contributed by atoms with Crippen LogP contribution in [0.3, 0.4) is 0 Å². The lowest BCUT2D eigenvalue weighted by atomic mass is 10.0. The summed E-state index contributed by atoms with van der Waals surface area (Å²) >= 11 is 0. The number of aromatic nitrogens is 1. The molecule has 5 nitrogen and oxygen atoms in total. The molecular formula is C20H29N3O2. The van der Waals surface area contributed by atoms with Gasteiger partial charge in [-0.25, -0.2) is 0 Å². The predicted octanol–water partition coefficient (Wildman–Crippen LogP) is 3.38. The lowest BCUT2D eigenvalue weighted by Gasteiger charge is -2.25. The van der Waals surface area contributed by atoms with Gasteiger partial charge in [0.2, 0.25) is 5.91 Å². The summed E-state index contributed by atoms with van der Waals surface area (Å²) in [5.41, 5.74) is 2.24. The Morgan fingerprint density at radius 2 is 1.96 bits per heavy atom. The molecule has 1 aromatic heterocycles. The first-order valence-electron chi connectivity index (χ1n) is 9.59. The third kappa shape index (κ3) is 4.02. The molecular weight excluding hydrogens is 314 g/mol. The summed E-state index contributed by atoms with van der Waals surface area (Å²) in [4.78, 5) is 31.2. The minimum absolute atomic E-state index is 0.0634. The average molecular weight is 343 g/mol. The molecule has 2 heterocycles. The van der Waals surface area contributed by atoms with Crippen LogP contribution in [0.2, 0.25) is 0 Å². The molecule has 1 atom stereocenters. The first kappa shape index (κ1) is 17.9. The van der Waals surface area contributed by atoms with E-state index in [-0.39, 0.29) is 17.9 Å². The molecule has 0 spiro atoms. The molecule has 1 saturated heterocycles. The van der Waals surface area contributed by atoms with Crippen molar-refractivity contribution in [3.63, 3.8) is 0 Å². The Hall–Kier alpha value is -1.91. The summed E-state index contributed by atoms with van der Waals surface area (Å²) in [6, 6.07) is 3.80. The smallest absolute Gasteiger partial charge is 0.252 e. The molecule has 1 N–H and O–H groups in total. The van der Waals surface area contributed by atoms with Crippen molar-refractivity contribution < 1.29 is 9.59 Å². The molecule has 2 aliphatic rings. The van der Waals surface area contributed by atoms with Crippen molar-refractivity contribution in [3.05, 3.63) is 29.1 Å². The van der Waals surface area contributed by atoms with Gasteiger partial charge in [0.15, 0.2) is 0 Å². The molecule has 25 heavy (non-hydrogen) atoms. The van der Waals surface area contributed by atoms with Gasteiger partial charge in [-0.3, -0.25) is 14.6 Å². The van der Waals surface area contributed by atoms with E-state index in [1.807, 2.05) is 24.0 Å². The fraction of sp³-hybridized carbons (Fsp3) is 0.650. The van der Waals surface area contributed by atoms with Gasteiger partial charge in [0.1, 0.15) is 0 Å². The molecule has 0 unspecified atom stereocenters. The topological polar surface area (TPSA) is 62.3 Å². The second-order valence-corrected chi connectivity index (χ2v) is 7.38. The molecule has 3 rings (SSSR count). The maximum atomic E-state index is 12.7. The Bertz CT molecular complexity index is 638. The number of pyridine rings is 1. The van der Waals surface area contributed by atoms with Crippen LogP contribution in [0.5, 0.6) is 0 Å². The number of hydrogen-bond acceptors (Lipinski definition) is 3. The zero-order chi connectivity index (χ0) is 17.8. The summed E-state index contributed by atoms with van der Waals surface area (Å²) in [7, 11) is 1.62. The van der Waals surface area contributed by atoms with Crippen LogP contribution >= 0.6 is 0 Å². The number of rotatable bonds is 5. The first-order valence-corrected chi connectivity index (χ1v) is 9.59. The largest absolute Gasteiger partial charge is 0.355 e. The van der Waals surface area contributed by atoms with E-state index in [4.69, 9.17) is 0 Å². The molecule has 0 bridgehead atoms. The third-order valence-corrected chi connectivity index (χ3v) is 5.73. The van der Waals surface area contributed by atoms with Crippen LogP contribution in [-0.2, 0) is 4.79 Å². The maximum absolute atomic E-state index is 12.7. The fourth-order valence-electron chi connectivity index (χ4n) is 4.28. The lowest BCUT2D eigenvalue weighted by molar-refractivity contribution is -0.132. The van der Waals surface area contributed by atoms with Crippen molar-refractivity contribution in [1.82, 2.24) is 15.2 Å². The van der Waals surface area contributed by atoms with Crippen LogP contribution in [0.4, 0.5) is 0 Å². The summed E-state index contributed by atoms with van der Waals surface area (Å²) < 4.78 is 0. The molecule has 136 valence electrons. The number of carbonyl (C=O) groups is 2.